The van der Waals surface area contributed by atoms with E-state index in [1.165, 1.54) is 16.0 Å². The number of halogens is 1. The molecule has 0 aromatic heterocycles. The number of anilines is 2. The van der Waals surface area contributed by atoms with Gasteiger partial charge in [-0.15, -0.1) is 0 Å². The van der Waals surface area contributed by atoms with Crippen LogP contribution in [0.15, 0.2) is 72.8 Å². The number of rotatable bonds is 3. The number of carbonyl (C=O) groups is 2. The number of fused-ring (bicyclic) bond motifs is 1. The zero-order valence-corrected chi connectivity index (χ0v) is 17.2. The molecule has 3 atom stereocenters. The molecule has 0 N–H and O–H groups in total. The van der Waals surface area contributed by atoms with Gasteiger partial charge in [0.1, 0.15) is 11.7 Å². The Morgan fingerprint density at radius 2 is 1.58 bits per heavy atom. The van der Waals surface area contributed by atoms with E-state index in [2.05, 4.69) is 0 Å². The minimum absolute atomic E-state index is 0.322. The number of hydrogen-bond donors (Lipinski definition) is 0. The molecule has 3 aromatic carbocycles. The van der Waals surface area contributed by atoms with Crippen LogP contribution >= 0.6 is 0 Å². The molecule has 0 saturated carbocycles. The number of imide groups is 1. The van der Waals surface area contributed by atoms with E-state index in [1.54, 1.807) is 24.3 Å². The van der Waals surface area contributed by atoms with E-state index in [1.807, 2.05) is 56.3 Å². The van der Waals surface area contributed by atoms with Crippen molar-refractivity contribution in [3.8, 4) is 0 Å². The zero-order chi connectivity index (χ0) is 21.7. The molecular weight excluding hydrogens is 395 g/mol. The smallest absolute Gasteiger partial charge is 0.266 e. The summed E-state index contributed by atoms with van der Waals surface area (Å²) in [6.07, 6.45) is -1.02. The summed E-state index contributed by atoms with van der Waals surface area (Å²) in [7, 11) is 0. The van der Waals surface area contributed by atoms with E-state index in [-0.39, 0.29) is 5.91 Å². The van der Waals surface area contributed by atoms with E-state index in [9.17, 15) is 14.0 Å². The highest BCUT2D eigenvalue weighted by atomic mass is 19.1. The van der Waals surface area contributed by atoms with Gasteiger partial charge in [-0.3, -0.25) is 14.4 Å². The van der Waals surface area contributed by atoms with Crippen molar-refractivity contribution < 1.29 is 18.8 Å². The maximum Gasteiger partial charge on any atom is 0.266 e. The quantitative estimate of drug-likeness (QED) is 0.590. The van der Waals surface area contributed by atoms with Gasteiger partial charge in [-0.2, -0.15) is 0 Å². The van der Waals surface area contributed by atoms with Gasteiger partial charge in [-0.1, -0.05) is 54.1 Å². The number of hydroxylamine groups is 1. The highest BCUT2D eigenvalue weighted by Gasteiger charge is 2.60. The molecule has 0 spiro atoms. The van der Waals surface area contributed by atoms with E-state index in [4.69, 9.17) is 4.84 Å². The lowest BCUT2D eigenvalue weighted by molar-refractivity contribution is -0.126. The molecule has 0 aliphatic carbocycles. The zero-order valence-electron chi connectivity index (χ0n) is 17.2. The number of hydrogen-bond acceptors (Lipinski definition) is 4. The Kier molecular flexibility index (Phi) is 4.59. The van der Waals surface area contributed by atoms with Crippen molar-refractivity contribution in [2.75, 3.05) is 9.96 Å². The fourth-order valence-electron chi connectivity index (χ4n) is 4.54. The first-order valence-electron chi connectivity index (χ1n) is 10.2. The monoisotopic (exact) mass is 416 g/mol. The second kappa shape index (κ2) is 7.32. The third-order valence-corrected chi connectivity index (χ3v) is 5.94. The van der Waals surface area contributed by atoms with Crippen LogP contribution in [0.25, 0.3) is 0 Å². The van der Waals surface area contributed by atoms with Gasteiger partial charge >= 0.3 is 0 Å². The number of amides is 2. The van der Waals surface area contributed by atoms with Crippen LogP contribution in [-0.2, 0) is 14.4 Å². The summed E-state index contributed by atoms with van der Waals surface area (Å²) in [6.45, 7) is 3.82. The van der Waals surface area contributed by atoms with E-state index < -0.39 is 29.8 Å². The molecule has 0 unspecified atom stereocenters. The Balaban J connectivity index is 1.61. The highest BCUT2D eigenvalue weighted by molar-refractivity contribution is 6.24. The summed E-state index contributed by atoms with van der Waals surface area (Å²) >= 11 is 0. The summed E-state index contributed by atoms with van der Waals surface area (Å²) in [5.74, 6) is -2.11. The summed E-state index contributed by atoms with van der Waals surface area (Å²) in [4.78, 5) is 34.2. The molecule has 31 heavy (non-hydrogen) atoms. The van der Waals surface area contributed by atoms with E-state index in [0.29, 0.717) is 16.9 Å². The van der Waals surface area contributed by atoms with Gasteiger partial charge in [-0.05, 0) is 43.7 Å². The molecule has 2 aliphatic rings. The predicted octanol–water partition coefficient (Wildman–Crippen LogP) is 4.49. The summed E-state index contributed by atoms with van der Waals surface area (Å²) < 4.78 is 14.8. The van der Waals surface area contributed by atoms with Gasteiger partial charge in [0, 0.05) is 5.56 Å². The molecule has 3 aromatic rings. The van der Waals surface area contributed by atoms with Crippen molar-refractivity contribution in [3.63, 3.8) is 0 Å². The molecule has 0 radical (unpaired) electrons. The molecule has 5 nitrogen and oxygen atoms in total. The Morgan fingerprint density at radius 3 is 2.29 bits per heavy atom. The standard InChI is InChI=1S/C25H21FN2O3/c1-15-12-13-20(16(2)14-15)27-24(29)21-22(18-10-6-7-11-19(18)26)28(31-23(21)25(27)30)17-8-4-3-5-9-17/h3-14,21-23H,1-2H3/t21-,22-,23-/m0/s1. The predicted molar refractivity (Wildman–Crippen MR) is 115 cm³/mol. The van der Waals surface area contributed by atoms with Crippen molar-refractivity contribution in [3.05, 3.63) is 95.3 Å². The minimum Gasteiger partial charge on any atom is -0.273 e. The van der Waals surface area contributed by atoms with Crippen LogP contribution in [0.1, 0.15) is 22.7 Å². The van der Waals surface area contributed by atoms with Crippen molar-refractivity contribution in [2.45, 2.75) is 26.0 Å². The fourth-order valence-corrected chi connectivity index (χ4v) is 4.54. The van der Waals surface area contributed by atoms with Crippen LogP contribution in [-0.4, -0.2) is 17.9 Å². The average Bonchev–Trinajstić information content (AvgIpc) is 3.26. The molecule has 2 aliphatic heterocycles. The summed E-state index contributed by atoms with van der Waals surface area (Å²) in [5, 5.41) is 1.50. The third kappa shape index (κ3) is 3.02. The van der Waals surface area contributed by atoms with Crippen LogP contribution in [0.5, 0.6) is 0 Å². The van der Waals surface area contributed by atoms with Gasteiger partial charge in [0.15, 0.2) is 6.10 Å². The number of aryl methyl sites for hydroxylation is 2. The minimum atomic E-state index is -1.02. The molecule has 2 amide bonds. The lowest BCUT2D eigenvalue weighted by atomic mass is 9.90. The summed E-state index contributed by atoms with van der Waals surface area (Å²) in [5.41, 5.74) is 3.38. The number of benzene rings is 3. The molecule has 2 fully saturated rings. The Bertz CT molecular complexity index is 1180. The molecule has 156 valence electrons. The molecular formula is C25H21FN2O3. The average molecular weight is 416 g/mol. The van der Waals surface area contributed by atoms with Crippen molar-refractivity contribution in [1.82, 2.24) is 0 Å². The van der Waals surface area contributed by atoms with E-state index in [0.717, 1.165) is 11.1 Å². The number of para-hydroxylation sites is 1. The molecule has 6 heteroatoms. The maximum atomic E-state index is 14.8. The van der Waals surface area contributed by atoms with Crippen LogP contribution in [0.3, 0.4) is 0 Å². The van der Waals surface area contributed by atoms with Crippen LogP contribution in [0.4, 0.5) is 15.8 Å². The first-order valence-corrected chi connectivity index (χ1v) is 10.2. The topological polar surface area (TPSA) is 49.9 Å². The largest absolute Gasteiger partial charge is 0.273 e. The van der Waals surface area contributed by atoms with Crippen molar-refractivity contribution >= 4 is 23.2 Å². The highest BCUT2D eigenvalue weighted by Crippen LogP contribution is 2.48. The van der Waals surface area contributed by atoms with Crippen LogP contribution in [0.2, 0.25) is 0 Å². The molecule has 2 saturated heterocycles. The van der Waals surface area contributed by atoms with Gasteiger partial charge in [0.2, 0.25) is 5.91 Å². The van der Waals surface area contributed by atoms with Gasteiger partial charge in [0.25, 0.3) is 5.91 Å². The maximum absolute atomic E-state index is 14.8. The second-order valence-corrected chi connectivity index (χ2v) is 7.98. The number of nitrogens with zero attached hydrogens (tertiary/aromatic N) is 2. The van der Waals surface area contributed by atoms with Gasteiger partial charge < -0.3 is 0 Å². The molecule has 5 rings (SSSR count). The third-order valence-electron chi connectivity index (χ3n) is 5.94. The van der Waals surface area contributed by atoms with Gasteiger partial charge in [0.05, 0.1) is 17.4 Å². The molecule has 0 bridgehead atoms. The first kappa shape index (κ1) is 19.5. The SMILES string of the molecule is Cc1ccc(N2C(=O)[C@@H]3[C@H](ON(c4ccccc4)[C@H]3c3ccccc3F)C2=O)c(C)c1. The van der Waals surface area contributed by atoms with Crippen molar-refractivity contribution in [1.29, 1.82) is 0 Å². The Hall–Kier alpha value is -3.51. The first-order chi connectivity index (χ1) is 15.0. The lowest BCUT2D eigenvalue weighted by Crippen LogP contribution is -2.38. The normalized spacial score (nSPS) is 22.9. The lowest BCUT2D eigenvalue weighted by Gasteiger charge is -2.29. The van der Waals surface area contributed by atoms with Gasteiger partial charge in [-0.25, -0.2) is 14.4 Å². The molecule has 2 heterocycles. The second-order valence-electron chi connectivity index (χ2n) is 7.98. The Labute approximate surface area is 179 Å². The summed E-state index contributed by atoms with van der Waals surface area (Å²) in [6, 6.07) is 20.3. The number of carbonyl (C=O) groups excluding carboxylic acids is 2. The van der Waals surface area contributed by atoms with Crippen molar-refractivity contribution in [2.24, 2.45) is 5.92 Å². The van der Waals surface area contributed by atoms with E-state index >= 15 is 0 Å². The fraction of sp³-hybridized carbons (Fsp3) is 0.200. The van der Waals surface area contributed by atoms with Crippen LogP contribution in [0, 0.1) is 25.6 Å². The van der Waals surface area contributed by atoms with Crippen LogP contribution < -0.4 is 9.96 Å². The Morgan fingerprint density at radius 1 is 0.871 bits per heavy atom.